The number of hydrogen-bond acceptors (Lipinski definition) is 7. The van der Waals surface area contributed by atoms with Gasteiger partial charge in [-0.15, -0.1) is 34.6 Å². The third-order valence-corrected chi connectivity index (χ3v) is 15.6. The number of ether oxygens (including phenoxy) is 2. The summed E-state index contributed by atoms with van der Waals surface area (Å²) >= 11 is 0. The van der Waals surface area contributed by atoms with Crippen molar-refractivity contribution in [2.45, 2.75) is 178 Å². The molecule has 5 heterocycles. The second-order valence-electron chi connectivity index (χ2n) is 21.0. The Morgan fingerprint density at radius 1 is 0.910 bits per heavy atom. The van der Waals surface area contributed by atoms with Gasteiger partial charge in [0.1, 0.15) is 18.3 Å². The van der Waals surface area contributed by atoms with Crippen LogP contribution in [-0.4, -0.2) is 81.8 Å². The molecule has 4 aliphatic rings. The van der Waals surface area contributed by atoms with E-state index in [0.717, 1.165) is 53.6 Å². The van der Waals surface area contributed by atoms with Gasteiger partial charge in [-0.3, -0.25) is 9.59 Å². The second-order valence-corrected chi connectivity index (χ2v) is 21.0. The SMILES string of the molecule is CC[C@H]1/C2=C/c3[n-]c4c(c3C)=C(O)[C@H](C(=O)OCO)C=4C3[N-]C(Cc4[n-]c(/c(=C(/C)O)c4C)=C\[C@@H]([N-]2)[C@@H]1C)[C@@H](C)[C@@H]3CCC(=O)OC/C=C(/C)CCC[C@H](C)CCC[C@H](C)CCCC(C)C.[Mg+2]. The summed E-state index contributed by atoms with van der Waals surface area (Å²) in [7, 11) is 0. The zero-order valence-electron chi connectivity index (χ0n) is 42.7. The van der Waals surface area contributed by atoms with Crippen molar-refractivity contribution in [3.8, 4) is 0 Å². The monoisotopic (exact) mass is 933 g/mol. The maximum absolute atomic E-state index is 13.7. The van der Waals surface area contributed by atoms with E-state index in [1.807, 2.05) is 26.0 Å². The molecule has 2 aromatic heterocycles. The van der Waals surface area contributed by atoms with Crippen molar-refractivity contribution in [1.82, 2.24) is 9.97 Å². The standard InChI is InChI=1S/C55H80N4O7.Mg/c1-12-39-34(7)41-28-46-48(38(11)61)36(9)43(57-46)26-42-35(8)40(22-23-47(62)65-25-24-33(6)21-15-20-32(5)19-14-18-31(4)17-13-16-30(2)3)52(58-42)50-51(55(64)66-29-60)54(63)49-37(10)44(59-53(49)50)27-45(39)56-41;/h24,27-28,30-32,34-35,39-42,51-52,60-61,63H,12-23,25-26,29H2,1-11H3;/q-4;+2/b33-24-,45-27-,46-28-,48-38-;/t31-,32-,34-,35+,39-,40+,41-,42?,51-,52?;/m1./s1. The summed E-state index contributed by atoms with van der Waals surface area (Å²) in [6, 6.07) is -1.06. The number of carbonyl (C=O) groups excluding carboxylic acids is 2. The molecular weight excluding hydrogens is 853 g/mol. The fourth-order valence-electron chi connectivity index (χ4n) is 11.5. The van der Waals surface area contributed by atoms with E-state index >= 15 is 0 Å². The minimum Gasteiger partial charge on any atom is -0.682 e. The van der Waals surface area contributed by atoms with Crippen molar-refractivity contribution in [3.63, 3.8) is 0 Å². The topological polar surface area (TPSA) is 170 Å². The minimum absolute atomic E-state index is 0. The van der Waals surface area contributed by atoms with Crippen LogP contribution in [0.2, 0.25) is 0 Å². The van der Waals surface area contributed by atoms with Gasteiger partial charge in [0, 0.05) is 11.6 Å². The zero-order chi connectivity index (χ0) is 48.0. The molecule has 3 aliphatic heterocycles. The van der Waals surface area contributed by atoms with Crippen molar-refractivity contribution in [3.05, 3.63) is 71.6 Å². The number of hydrogen-bond donors (Lipinski definition) is 3. The zero-order valence-corrected chi connectivity index (χ0v) is 44.1. The molecule has 1 aliphatic carbocycles. The van der Waals surface area contributed by atoms with Gasteiger partial charge in [0.2, 0.25) is 0 Å². The average molecular weight is 934 g/mol. The van der Waals surface area contributed by atoms with Crippen LogP contribution >= 0.6 is 0 Å². The van der Waals surface area contributed by atoms with Gasteiger partial charge in [0.15, 0.2) is 6.79 Å². The van der Waals surface area contributed by atoms with Crippen molar-refractivity contribution in [2.75, 3.05) is 13.4 Å². The third-order valence-electron chi connectivity index (χ3n) is 15.6. The predicted molar refractivity (Wildman–Crippen MR) is 270 cm³/mol. The van der Waals surface area contributed by atoms with Crippen LogP contribution in [0.1, 0.15) is 162 Å². The number of aromatic nitrogens is 2. The van der Waals surface area contributed by atoms with E-state index in [4.69, 9.17) is 30.1 Å². The van der Waals surface area contributed by atoms with Gasteiger partial charge in [-0.25, -0.2) is 0 Å². The Kier molecular flexibility index (Phi) is 19.8. The van der Waals surface area contributed by atoms with Crippen LogP contribution in [-0.2, 0) is 25.5 Å². The molecule has 2 unspecified atom stereocenters. The molecule has 2 aromatic rings. The van der Waals surface area contributed by atoms with Crippen LogP contribution in [0.25, 0.3) is 39.9 Å². The Bertz CT molecular complexity index is 2350. The first kappa shape index (κ1) is 54.5. The smallest absolute Gasteiger partial charge is 0.682 e. The van der Waals surface area contributed by atoms with Crippen molar-refractivity contribution in [2.24, 2.45) is 47.3 Å². The molecule has 0 amide bonds. The number of nitrogens with zero attached hydrogens (tertiary/aromatic N) is 4. The van der Waals surface area contributed by atoms with Gasteiger partial charge in [-0.05, 0) is 87.8 Å². The Morgan fingerprint density at radius 2 is 1.58 bits per heavy atom. The molecule has 0 aromatic carbocycles. The van der Waals surface area contributed by atoms with Gasteiger partial charge in [0.25, 0.3) is 0 Å². The maximum Gasteiger partial charge on any atom is 2.00 e. The summed E-state index contributed by atoms with van der Waals surface area (Å²) in [5, 5.41) is 45.7. The summed E-state index contributed by atoms with van der Waals surface area (Å²) < 4.78 is 11.0. The molecule has 366 valence electrons. The van der Waals surface area contributed by atoms with Crippen molar-refractivity contribution >= 4 is 64.2 Å². The minimum atomic E-state index is -1.21. The quantitative estimate of drug-likeness (QED) is 0.0512. The predicted octanol–water partition coefficient (Wildman–Crippen LogP) is 8.34. The molecule has 2 fully saturated rings. The first-order valence-corrected chi connectivity index (χ1v) is 25.3. The van der Waals surface area contributed by atoms with Crippen LogP contribution in [0.4, 0.5) is 0 Å². The number of allylic oxidation sites excluding steroid dienone is 2. The normalized spacial score (nSPS) is 27.1. The molecule has 0 saturated carbocycles. The molecule has 8 bridgehead atoms. The third kappa shape index (κ3) is 12.7. The Balaban J connectivity index is 0.00000840. The van der Waals surface area contributed by atoms with E-state index in [1.54, 1.807) is 6.92 Å². The van der Waals surface area contributed by atoms with Gasteiger partial charge in [0.05, 0.1) is 5.76 Å². The number of aliphatic hydroxyl groups excluding tert-OH is 3. The Labute approximate surface area is 416 Å². The van der Waals surface area contributed by atoms with Crippen molar-refractivity contribution in [1.29, 1.82) is 0 Å². The molecule has 3 N–H and O–H groups in total. The van der Waals surface area contributed by atoms with E-state index in [2.05, 4.69) is 61.5 Å². The van der Waals surface area contributed by atoms with E-state index in [-0.39, 0.29) is 89.3 Å². The number of carbonyl (C=O) groups is 2. The second kappa shape index (κ2) is 24.4. The number of fused-ring (bicyclic) bond motifs is 8. The summed E-state index contributed by atoms with van der Waals surface area (Å²) in [4.78, 5) is 37.5. The molecule has 67 heavy (non-hydrogen) atoms. The molecule has 11 nitrogen and oxygen atoms in total. The molecule has 0 radical (unpaired) electrons. The largest absolute Gasteiger partial charge is 2.00 e. The number of esters is 2. The average Bonchev–Trinajstić information content (AvgIpc) is 4.00. The summed E-state index contributed by atoms with van der Waals surface area (Å²) in [6.45, 7) is 22.9. The van der Waals surface area contributed by atoms with Gasteiger partial charge in [-0.1, -0.05) is 152 Å². The molecular formula is C55H80MgN4O7-2. The van der Waals surface area contributed by atoms with Crippen LogP contribution in [0, 0.1) is 61.2 Å². The van der Waals surface area contributed by atoms with E-state index < -0.39 is 24.7 Å². The number of rotatable bonds is 20. The van der Waals surface area contributed by atoms with Crippen LogP contribution in [0.15, 0.2) is 17.3 Å². The van der Waals surface area contributed by atoms with Gasteiger partial charge in [-0.2, -0.15) is 11.4 Å². The Morgan fingerprint density at radius 3 is 2.22 bits per heavy atom. The summed E-state index contributed by atoms with van der Waals surface area (Å²) in [6.07, 6.45) is 19.2. The summed E-state index contributed by atoms with van der Waals surface area (Å²) in [5.41, 5.74) is 5.75. The Hall–Kier alpha value is -3.45. The first-order chi connectivity index (χ1) is 31.4. The van der Waals surface area contributed by atoms with E-state index in [0.29, 0.717) is 51.2 Å². The van der Waals surface area contributed by atoms with Crippen molar-refractivity contribution < 1.29 is 34.4 Å². The summed E-state index contributed by atoms with van der Waals surface area (Å²) in [5.74, 6) is 0.0433. The number of aliphatic hydroxyl groups is 3. The molecule has 2 saturated heterocycles. The van der Waals surface area contributed by atoms with Crippen LogP contribution in [0.3, 0.4) is 0 Å². The van der Waals surface area contributed by atoms with E-state index in [1.165, 1.54) is 50.5 Å². The van der Waals surface area contributed by atoms with E-state index in [9.17, 15) is 24.9 Å². The first-order valence-electron chi connectivity index (χ1n) is 25.3. The van der Waals surface area contributed by atoms with Crippen LogP contribution in [0.5, 0.6) is 0 Å². The van der Waals surface area contributed by atoms with Gasteiger partial charge >= 0.3 is 35.0 Å². The van der Waals surface area contributed by atoms with Gasteiger partial charge < -0.3 is 45.4 Å². The fraction of sp³-hybridized carbons (Fsp3) is 0.673. The molecule has 10 atom stereocenters. The molecule has 6 rings (SSSR count). The van der Waals surface area contributed by atoms with Crippen LogP contribution < -0.4 is 31.1 Å². The maximum atomic E-state index is 13.7. The molecule has 12 heteroatoms. The fourth-order valence-corrected chi connectivity index (χ4v) is 11.5. The molecule has 0 spiro atoms.